The van der Waals surface area contributed by atoms with Gasteiger partial charge in [0.1, 0.15) is 0 Å². The zero-order valence-corrected chi connectivity index (χ0v) is 16.7. The summed E-state index contributed by atoms with van der Waals surface area (Å²) in [6.07, 6.45) is 2.29. The van der Waals surface area contributed by atoms with E-state index < -0.39 is 0 Å². The van der Waals surface area contributed by atoms with Crippen molar-refractivity contribution >= 4 is 17.5 Å². The maximum Gasteiger partial charge on any atom is 0.253 e. The van der Waals surface area contributed by atoms with Crippen LogP contribution in [-0.2, 0) is 11.3 Å². The van der Waals surface area contributed by atoms with Crippen LogP contribution in [0, 0.1) is 0 Å². The first-order valence-electron chi connectivity index (χ1n) is 10.1. The average Bonchev–Trinajstić information content (AvgIpc) is 3.54. The lowest BCUT2D eigenvalue weighted by Gasteiger charge is -2.22. The molecule has 2 aromatic rings. The van der Waals surface area contributed by atoms with Crippen LogP contribution >= 0.6 is 0 Å². The zero-order valence-electron chi connectivity index (χ0n) is 16.7. The molecule has 1 saturated carbocycles. The Morgan fingerprint density at radius 3 is 2.36 bits per heavy atom. The van der Waals surface area contributed by atoms with Crippen molar-refractivity contribution in [3.05, 3.63) is 65.7 Å². The lowest BCUT2D eigenvalue weighted by Crippen LogP contribution is -2.34. The van der Waals surface area contributed by atoms with Crippen molar-refractivity contribution < 1.29 is 9.59 Å². The summed E-state index contributed by atoms with van der Waals surface area (Å²) < 4.78 is 0. The highest BCUT2D eigenvalue weighted by molar-refractivity contribution is 5.97. The first-order chi connectivity index (χ1) is 13.6. The standard InChI is InChI=1S/C23H29N3O2/c1-3-25(4-2)23(28)19-11-8-12-20(15-19)24-22(27)17-26(21-13-14-21)16-18-9-6-5-7-10-18/h5-12,15,21H,3-4,13-14,16-17H2,1-2H3,(H,24,27). The number of carbonyl (C=O) groups excluding carboxylic acids is 2. The molecular weight excluding hydrogens is 350 g/mol. The second-order valence-electron chi connectivity index (χ2n) is 7.23. The summed E-state index contributed by atoms with van der Waals surface area (Å²) in [4.78, 5) is 29.2. The third-order valence-corrected chi connectivity index (χ3v) is 5.08. The summed E-state index contributed by atoms with van der Waals surface area (Å²) in [5.74, 6) is -0.0555. The Balaban J connectivity index is 1.62. The molecule has 148 valence electrons. The van der Waals surface area contributed by atoms with E-state index in [1.165, 1.54) is 5.56 Å². The molecule has 0 unspecified atom stereocenters. The largest absolute Gasteiger partial charge is 0.339 e. The van der Waals surface area contributed by atoms with Gasteiger partial charge in [-0.3, -0.25) is 14.5 Å². The van der Waals surface area contributed by atoms with E-state index in [1.54, 1.807) is 17.0 Å². The molecule has 1 aliphatic carbocycles. The molecule has 0 aromatic heterocycles. The molecule has 5 nitrogen and oxygen atoms in total. The quantitative estimate of drug-likeness (QED) is 0.722. The van der Waals surface area contributed by atoms with E-state index >= 15 is 0 Å². The van der Waals surface area contributed by atoms with E-state index in [0.717, 1.165) is 19.4 Å². The number of nitrogens with one attached hydrogen (secondary N) is 1. The Bertz CT molecular complexity index is 799. The van der Waals surface area contributed by atoms with Gasteiger partial charge in [0.05, 0.1) is 6.54 Å². The zero-order chi connectivity index (χ0) is 19.9. The van der Waals surface area contributed by atoms with Crippen molar-refractivity contribution in [2.75, 3.05) is 25.0 Å². The predicted octanol–water partition coefficient (Wildman–Crippen LogP) is 3.77. The maximum absolute atomic E-state index is 12.6. The van der Waals surface area contributed by atoms with Crippen molar-refractivity contribution in [1.29, 1.82) is 0 Å². The fourth-order valence-electron chi connectivity index (χ4n) is 3.38. The number of rotatable bonds is 9. The van der Waals surface area contributed by atoms with Crippen LogP contribution in [0.25, 0.3) is 0 Å². The molecule has 0 bridgehead atoms. The highest BCUT2D eigenvalue weighted by atomic mass is 16.2. The normalized spacial score (nSPS) is 13.4. The van der Waals surface area contributed by atoms with Crippen molar-refractivity contribution in [1.82, 2.24) is 9.80 Å². The van der Waals surface area contributed by atoms with E-state index in [1.807, 2.05) is 44.2 Å². The molecule has 0 heterocycles. The second-order valence-corrected chi connectivity index (χ2v) is 7.23. The molecule has 1 N–H and O–H groups in total. The summed E-state index contributed by atoms with van der Waals surface area (Å²) in [5, 5.41) is 2.96. The van der Waals surface area contributed by atoms with Crippen molar-refractivity contribution in [2.24, 2.45) is 0 Å². The molecule has 1 aliphatic rings. The Labute approximate surface area is 167 Å². The Hall–Kier alpha value is -2.66. The summed E-state index contributed by atoms with van der Waals surface area (Å²) in [6, 6.07) is 17.9. The van der Waals surface area contributed by atoms with Crippen molar-refractivity contribution in [3.63, 3.8) is 0 Å². The van der Waals surface area contributed by atoms with Gasteiger partial charge in [-0.1, -0.05) is 36.4 Å². The highest BCUT2D eigenvalue weighted by Gasteiger charge is 2.30. The average molecular weight is 380 g/mol. The summed E-state index contributed by atoms with van der Waals surface area (Å²) >= 11 is 0. The van der Waals surface area contributed by atoms with Gasteiger partial charge >= 0.3 is 0 Å². The minimum atomic E-state index is -0.0460. The van der Waals surface area contributed by atoms with Crippen molar-refractivity contribution in [3.8, 4) is 0 Å². The van der Waals surface area contributed by atoms with E-state index in [9.17, 15) is 9.59 Å². The van der Waals surface area contributed by atoms with Gasteiger partial charge in [0.25, 0.3) is 5.91 Å². The molecule has 0 radical (unpaired) electrons. The molecule has 1 fully saturated rings. The number of hydrogen-bond donors (Lipinski definition) is 1. The fraction of sp³-hybridized carbons (Fsp3) is 0.391. The molecule has 0 atom stereocenters. The van der Waals surface area contributed by atoms with Gasteiger partial charge in [0, 0.05) is 36.9 Å². The van der Waals surface area contributed by atoms with Crippen LogP contribution in [0.3, 0.4) is 0 Å². The smallest absolute Gasteiger partial charge is 0.253 e. The molecule has 28 heavy (non-hydrogen) atoms. The Kier molecular flexibility index (Phi) is 6.82. The number of nitrogens with zero attached hydrogens (tertiary/aromatic N) is 2. The minimum Gasteiger partial charge on any atom is -0.339 e. The van der Waals surface area contributed by atoms with Gasteiger partial charge in [0.15, 0.2) is 0 Å². The number of benzene rings is 2. The van der Waals surface area contributed by atoms with E-state index in [-0.39, 0.29) is 11.8 Å². The van der Waals surface area contributed by atoms with E-state index in [2.05, 4.69) is 22.3 Å². The minimum absolute atomic E-state index is 0.00946. The van der Waals surface area contributed by atoms with Crippen LogP contribution in [0.4, 0.5) is 5.69 Å². The number of amides is 2. The number of hydrogen-bond acceptors (Lipinski definition) is 3. The van der Waals surface area contributed by atoms with Gasteiger partial charge in [0.2, 0.25) is 5.91 Å². The second kappa shape index (κ2) is 9.51. The molecule has 2 aromatic carbocycles. The van der Waals surface area contributed by atoms with Crippen LogP contribution in [0.2, 0.25) is 0 Å². The predicted molar refractivity (Wildman–Crippen MR) is 112 cm³/mol. The topological polar surface area (TPSA) is 52.7 Å². The summed E-state index contributed by atoms with van der Waals surface area (Å²) in [5.41, 5.74) is 2.48. The molecule has 2 amide bonds. The van der Waals surface area contributed by atoms with Crippen LogP contribution in [0.1, 0.15) is 42.6 Å². The third kappa shape index (κ3) is 5.42. The molecule has 0 saturated heterocycles. The molecule has 0 aliphatic heterocycles. The summed E-state index contributed by atoms with van der Waals surface area (Å²) in [7, 11) is 0. The molecule has 3 rings (SSSR count). The SMILES string of the molecule is CCN(CC)C(=O)c1cccc(NC(=O)CN(Cc2ccccc2)C2CC2)c1. The van der Waals surface area contributed by atoms with Crippen LogP contribution in [-0.4, -0.2) is 47.3 Å². The van der Waals surface area contributed by atoms with E-state index in [0.29, 0.717) is 36.9 Å². The molecule has 0 spiro atoms. The van der Waals surface area contributed by atoms with Crippen LogP contribution in [0.15, 0.2) is 54.6 Å². The lowest BCUT2D eigenvalue weighted by atomic mass is 10.1. The fourth-order valence-corrected chi connectivity index (χ4v) is 3.38. The highest BCUT2D eigenvalue weighted by Crippen LogP contribution is 2.28. The number of anilines is 1. The first kappa shape index (κ1) is 20.1. The van der Waals surface area contributed by atoms with Gasteiger partial charge in [-0.05, 0) is 50.5 Å². The van der Waals surface area contributed by atoms with Crippen LogP contribution in [0.5, 0.6) is 0 Å². The lowest BCUT2D eigenvalue weighted by molar-refractivity contribution is -0.117. The summed E-state index contributed by atoms with van der Waals surface area (Å²) in [6.45, 7) is 6.40. The van der Waals surface area contributed by atoms with Gasteiger partial charge < -0.3 is 10.2 Å². The first-order valence-corrected chi connectivity index (χ1v) is 10.1. The maximum atomic E-state index is 12.6. The van der Waals surface area contributed by atoms with Gasteiger partial charge in [-0.25, -0.2) is 0 Å². The van der Waals surface area contributed by atoms with Crippen molar-refractivity contribution in [2.45, 2.75) is 39.3 Å². The Morgan fingerprint density at radius 2 is 1.71 bits per heavy atom. The van der Waals surface area contributed by atoms with E-state index in [4.69, 9.17) is 0 Å². The van der Waals surface area contributed by atoms with Gasteiger partial charge in [-0.2, -0.15) is 0 Å². The Morgan fingerprint density at radius 1 is 1.00 bits per heavy atom. The third-order valence-electron chi connectivity index (χ3n) is 5.08. The monoisotopic (exact) mass is 379 g/mol. The molecule has 5 heteroatoms. The molecular formula is C23H29N3O2. The van der Waals surface area contributed by atoms with Gasteiger partial charge in [-0.15, -0.1) is 0 Å². The number of carbonyl (C=O) groups is 2. The van der Waals surface area contributed by atoms with Crippen LogP contribution < -0.4 is 5.32 Å².